The number of anilines is 1. The summed E-state index contributed by atoms with van der Waals surface area (Å²) in [6, 6.07) is 14.7. The second kappa shape index (κ2) is 9.53. The van der Waals surface area contributed by atoms with Gasteiger partial charge in [0.2, 0.25) is 0 Å². The molecule has 158 valence electrons. The molecule has 0 fully saturated rings. The van der Waals surface area contributed by atoms with E-state index in [1.54, 1.807) is 42.7 Å². The van der Waals surface area contributed by atoms with Crippen molar-refractivity contribution in [2.45, 2.75) is 13.8 Å². The molecule has 1 heterocycles. The third-order valence-corrected chi connectivity index (χ3v) is 4.71. The third kappa shape index (κ3) is 4.86. The van der Waals surface area contributed by atoms with Crippen molar-refractivity contribution in [3.05, 3.63) is 87.2 Å². The predicted octanol–water partition coefficient (Wildman–Crippen LogP) is 5.04. The second-order valence-corrected chi connectivity index (χ2v) is 6.52. The first-order chi connectivity index (χ1) is 14.9. The number of benzene rings is 2. The van der Waals surface area contributed by atoms with Crippen LogP contribution in [0.3, 0.4) is 0 Å². The Kier molecular flexibility index (Phi) is 6.61. The monoisotopic (exact) mass is 421 g/mol. The highest BCUT2D eigenvalue weighted by Gasteiger charge is 2.30. The minimum Gasteiger partial charge on any atom is -0.372 e. The van der Waals surface area contributed by atoms with Crippen LogP contribution in [0.4, 0.5) is 28.4 Å². The van der Waals surface area contributed by atoms with Gasteiger partial charge in [-0.05, 0) is 38.1 Å². The van der Waals surface area contributed by atoms with Gasteiger partial charge in [-0.2, -0.15) is 9.68 Å². The highest BCUT2D eigenvalue weighted by Crippen LogP contribution is 2.36. The molecule has 0 radical (unpaired) electrons. The molecule has 1 aromatic heterocycles. The van der Waals surface area contributed by atoms with Crippen LogP contribution in [-0.4, -0.2) is 22.9 Å². The largest absolute Gasteiger partial charge is 0.372 e. The Morgan fingerprint density at radius 2 is 1.48 bits per heavy atom. The SMILES string of the molecule is CCN(CC)c1ccc(N=Nc2cc(-[n+]3ccccc3)c([N+](=O)[O-])cc2[N+](=O)[O-])cc1. The van der Waals surface area contributed by atoms with E-state index < -0.39 is 21.2 Å². The van der Waals surface area contributed by atoms with Gasteiger partial charge in [0.25, 0.3) is 5.69 Å². The fourth-order valence-corrected chi connectivity index (χ4v) is 3.12. The number of hydrogen-bond acceptors (Lipinski definition) is 7. The van der Waals surface area contributed by atoms with Crippen molar-refractivity contribution in [1.29, 1.82) is 0 Å². The number of pyridine rings is 1. The number of nitrogens with zero attached hydrogens (tertiary/aromatic N) is 6. The molecule has 0 saturated carbocycles. The molecule has 0 unspecified atom stereocenters. The molecule has 0 amide bonds. The summed E-state index contributed by atoms with van der Waals surface area (Å²) >= 11 is 0. The highest BCUT2D eigenvalue weighted by molar-refractivity contribution is 5.68. The van der Waals surface area contributed by atoms with Crippen LogP contribution in [0, 0.1) is 20.2 Å². The van der Waals surface area contributed by atoms with Gasteiger partial charge in [0.15, 0.2) is 18.1 Å². The smallest absolute Gasteiger partial charge is 0.347 e. The van der Waals surface area contributed by atoms with Gasteiger partial charge in [0, 0.05) is 30.9 Å². The Hall–Kier alpha value is -4.21. The summed E-state index contributed by atoms with van der Waals surface area (Å²) in [5.41, 5.74) is 0.739. The van der Waals surface area contributed by atoms with Gasteiger partial charge < -0.3 is 4.90 Å². The predicted molar refractivity (Wildman–Crippen MR) is 115 cm³/mol. The van der Waals surface area contributed by atoms with E-state index in [9.17, 15) is 20.2 Å². The summed E-state index contributed by atoms with van der Waals surface area (Å²) in [4.78, 5) is 23.8. The summed E-state index contributed by atoms with van der Waals surface area (Å²) in [6.45, 7) is 5.86. The van der Waals surface area contributed by atoms with Crippen LogP contribution in [0.2, 0.25) is 0 Å². The molecule has 0 N–H and O–H groups in total. The first-order valence-electron chi connectivity index (χ1n) is 9.64. The summed E-state index contributed by atoms with van der Waals surface area (Å²) in [7, 11) is 0. The minimum absolute atomic E-state index is 0.0743. The zero-order chi connectivity index (χ0) is 22.4. The van der Waals surface area contributed by atoms with Crippen LogP contribution < -0.4 is 9.47 Å². The molecule has 0 aliphatic rings. The van der Waals surface area contributed by atoms with Crippen molar-refractivity contribution in [1.82, 2.24) is 0 Å². The lowest BCUT2D eigenvalue weighted by Gasteiger charge is -2.20. The molecule has 0 bridgehead atoms. The van der Waals surface area contributed by atoms with Crippen LogP contribution >= 0.6 is 0 Å². The summed E-state index contributed by atoms with van der Waals surface area (Å²) in [5, 5.41) is 31.2. The zero-order valence-electron chi connectivity index (χ0n) is 17.1. The van der Waals surface area contributed by atoms with Crippen LogP contribution in [0.15, 0.2) is 77.2 Å². The van der Waals surface area contributed by atoms with Crippen molar-refractivity contribution < 1.29 is 14.4 Å². The molecular weight excluding hydrogens is 400 g/mol. The molecule has 31 heavy (non-hydrogen) atoms. The lowest BCUT2D eigenvalue weighted by molar-refractivity contribution is -0.600. The maximum Gasteiger partial charge on any atom is 0.347 e. The van der Waals surface area contributed by atoms with Crippen molar-refractivity contribution >= 4 is 28.4 Å². The summed E-state index contributed by atoms with van der Waals surface area (Å²) in [6.07, 6.45) is 3.22. The number of rotatable bonds is 8. The lowest BCUT2D eigenvalue weighted by atomic mass is 10.2. The number of nitro benzene ring substituents is 2. The topological polar surface area (TPSA) is 118 Å². The molecule has 0 aliphatic carbocycles. The molecule has 0 spiro atoms. The van der Waals surface area contributed by atoms with E-state index >= 15 is 0 Å². The van der Waals surface area contributed by atoms with Gasteiger partial charge in [0.05, 0.1) is 21.6 Å². The van der Waals surface area contributed by atoms with Gasteiger partial charge >= 0.3 is 11.4 Å². The Labute approximate surface area is 178 Å². The van der Waals surface area contributed by atoms with E-state index in [4.69, 9.17) is 0 Å². The highest BCUT2D eigenvalue weighted by atomic mass is 16.6. The Morgan fingerprint density at radius 1 is 0.871 bits per heavy atom. The van der Waals surface area contributed by atoms with Crippen molar-refractivity contribution in [2.24, 2.45) is 10.2 Å². The van der Waals surface area contributed by atoms with Crippen LogP contribution in [-0.2, 0) is 0 Å². The normalized spacial score (nSPS) is 10.9. The molecule has 0 saturated heterocycles. The van der Waals surface area contributed by atoms with E-state index in [2.05, 4.69) is 29.0 Å². The van der Waals surface area contributed by atoms with Crippen molar-refractivity contribution in [3.63, 3.8) is 0 Å². The standard InChI is InChI=1S/C21H21N6O4/c1-3-24(4-2)17-10-8-16(9-11-17)22-23-18-14-20(25-12-6-5-7-13-25)21(27(30)31)15-19(18)26(28)29/h5-15H,3-4H2,1-2H3/q+1. The third-order valence-electron chi connectivity index (χ3n) is 4.71. The fraction of sp³-hybridized carbons (Fsp3) is 0.190. The summed E-state index contributed by atoms with van der Waals surface area (Å²) < 4.78 is 1.50. The molecule has 10 heteroatoms. The Morgan fingerprint density at radius 3 is 2.03 bits per heavy atom. The first-order valence-corrected chi connectivity index (χ1v) is 9.64. The van der Waals surface area contributed by atoms with Gasteiger partial charge in [0.1, 0.15) is 6.07 Å². The lowest BCUT2D eigenvalue weighted by Crippen LogP contribution is -2.30. The van der Waals surface area contributed by atoms with Crippen LogP contribution in [0.5, 0.6) is 0 Å². The average molecular weight is 421 g/mol. The number of hydrogen-bond donors (Lipinski definition) is 0. The van der Waals surface area contributed by atoms with E-state index in [1.807, 2.05) is 12.1 Å². The minimum atomic E-state index is -0.704. The zero-order valence-corrected chi connectivity index (χ0v) is 17.1. The Balaban J connectivity index is 2.03. The molecule has 2 aromatic carbocycles. The number of aromatic nitrogens is 1. The Bertz CT molecular complexity index is 1110. The van der Waals surface area contributed by atoms with Gasteiger partial charge in [-0.25, -0.2) is 0 Å². The maximum absolute atomic E-state index is 11.5. The second-order valence-electron chi connectivity index (χ2n) is 6.52. The van der Waals surface area contributed by atoms with Gasteiger partial charge in [-0.3, -0.25) is 20.2 Å². The molecule has 0 atom stereocenters. The molecule has 10 nitrogen and oxygen atoms in total. The van der Waals surface area contributed by atoms with Crippen molar-refractivity contribution in [3.8, 4) is 5.69 Å². The van der Waals surface area contributed by atoms with Gasteiger partial charge in [-0.1, -0.05) is 6.07 Å². The number of azo groups is 1. The van der Waals surface area contributed by atoms with E-state index in [-0.39, 0.29) is 11.4 Å². The van der Waals surface area contributed by atoms with Crippen molar-refractivity contribution in [2.75, 3.05) is 18.0 Å². The van der Waals surface area contributed by atoms with Crippen LogP contribution in [0.1, 0.15) is 13.8 Å². The quantitative estimate of drug-likeness (QED) is 0.218. The first kappa shape index (κ1) is 21.5. The molecule has 3 aromatic rings. The fourth-order valence-electron chi connectivity index (χ4n) is 3.12. The molecule has 3 rings (SSSR count). The molecular formula is C21H21N6O4+. The molecule has 0 aliphatic heterocycles. The number of nitro groups is 2. The van der Waals surface area contributed by atoms with E-state index in [0.29, 0.717) is 5.69 Å². The van der Waals surface area contributed by atoms with Crippen LogP contribution in [0.25, 0.3) is 5.69 Å². The van der Waals surface area contributed by atoms with E-state index in [1.165, 1.54) is 10.6 Å². The average Bonchev–Trinajstić information content (AvgIpc) is 2.79. The van der Waals surface area contributed by atoms with Gasteiger partial charge in [-0.15, -0.1) is 5.11 Å². The summed E-state index contributed by atoms with van der Waals surface area (Å²) in [5.74, 6) is 0. The van der Waals surface area contributed by atoms with E-state index in [0.717, 1.165) is 24.8 Å². The maximum atomic E-state index is 11.5.